The van der Waals surface area contributed by atoms with Gasteiger partial charge >= 0.3 is 6.03 Å². The zero-order chi connectivity index (χ0) is 15.4. The first-order valence-corrected chi connectivity index (χ1v) is 7.04. The minimum absolute atomic E-state index is 0.0816. The molecule has 1 N–H and O–H groups in total. The van der Waals surface area contributed by atoms with Gasteiger partial charge in [-0.2, -0.15) is 4.98 Å². The van der Waals surface area contributed by atoms with Gasteiger partial charge < -0.3 is 19.5 Å². The number of amides is 2. The van der Waals surface area contributed by atoms with Gasteiger partial charge in [-0.3, -0.25) is 4.98 Å². The van der Waals surface area contributed by atoms with E-state index in [0.29, 0.717) is 43.7 Å². The lowest BCUT2D eigenvalue weighted by Gasteiger charge is -2.36. The lowest BCUT2D eigenvalue weighted by Crippen LogP contribution is -2.53. The van der Waals surface area contributed by atoms with Crippen molar-refractivity contribution in [1.29, 1.82) is 0 Å². The SMILES string of the molecule is COCCNC(=O)N1CC(c2nc(-c3ccccn3)no2)C1. The molecule has 2 aromatic heterocycles. The Hall–Kier alpha value is -2.48. The summed E-state index contributed by atoms with van der Waals surface area (Å²) in [5, 5.41) is 6.71. The number of carbonyl (C=O) groups is 1. The highest BCUT2D eigenvalue weighted by molar-refractivity contribution is 5.75. The Balaban J connectivity index is 1.53. The molecule has 2 aromatic rings. The van der Waals surface area contributed by atoms with Gasteiger partial charge in [-0.15, -0.1) is 0 Å². The molecular weight excluding hydrogens is 286 g/mol. The summed E-state index contributed by atoms with van der Waals surface area (Å²) in [6, 6.07) is 5.42. The Morgan fingerprint density at radius 1 is 1.50 bits per heavy atom. The molecule has 0 aromatic carbocycles. The van der Waals surface area contributed by atoms with E-state index in [0.717, 1.165) is 0 Å². The minimum atomic E-state index is -0.0993. The Morgan fingerprint density at radius 3 is 3.09 bits per heavy atom. The third kappa shape index (κ3) is 3.06. The summed E-state index contributed by atoms with van der Waals surface area (Å²) in [5.41, 5.74) is 0.672. The zero-order valence-corrected chi connectivity index (χ0v) is 12.2. The van der Waals surface area contributed by atoms with Gasteiger partial charge in [-0.1, -0.05) is 11.2 Å². The molecule has 0 atom stereocenters. The van der Waals surface area contributed by atoms with Crippen molar-refractivity contribution >= 4 is 6.03 Å². The molecule has 1 aliphatic heterocycles. The molecule has 1 aliphatic rings. The van der Waals surface area contributed by atoms with Gasteiger partial charge in [0.05, 0.1) is 12.5 Å². The number of aromatic nitrogens is 3. The van der Waals surface area contributed by atoms with Crippen molar-refractivity contribution in [3.63, 3.8) is 0 Å². The number of ether oxygens (including phenoxy) is 1. The smallest absolute Gasteiger partial charge is 0.317 e. The van der Waals surface area contributed by atoms with Crippen LogP contribution in [0.25, 0.3) is 11.5 Å². The van der Waals surface area contributed by atoms with Gasteiger partial charge in [0.1, 0.15) is 5.69 Å². The molecule has 3 heterocycles. The molecule has 22 heavy (non-hydrogen) atoms. The average molecular weight is 303 g/mol. The number of carbonyl (C=O) groups excluding carboxylic acids is 1. The molecule has 0 bridgehead atoms. The van der Waals surface area contributed by atoms with Gasteiger partial charge in [0, 0.05) is 32.9 Å². The summed E-state index contributed by atoms with van der Waals surface area (Å²) in [5.74, 6) is 1.10. The molecule has 8 nitrogen and oxygen atoms in total. The van der Waals surface area contributed by atoms with Crippen molar-refractivity contribution in [1.82, 2.24) is 25.3 Å². The third-order valence-corrected chi connectivity index (χ3v) is 3.44. The van der Waals surface area contributed by atoms with Crippen molar-refractivity contribution in [2.75, 3.05) is 33.4 Å². The zero-order valence-electron chi connectivity index (χ0n) is 12.2. The van der Waals surface area contributed by atoms with E-state index in [1.54, 1.807) is 18.2 Å². The first kappa shape index (κ1) is 14.5. The van der Waals surface area contributed by atoms with Crippen molar-refractivity contribution in [2.24, 2.45) is 0 Å². The van der Waals surface area contributed by atoms with Crippen LogP contribution in [0.1, 0.15) is 11.8 Å². The molecule has 8 heteroatoms. The molecule has 0 saturated carbocycles. The average Bonchev–Trinajstić information content (AvgIpc) is 2.96. The minimum Gasteiger partial charge on any atom is -0.383 e. The van der Waals surface area contributed by atoms with E-state index < -0.39 is 0 Å². The van der Waals surface area contributed by atoms with Crippen LogP contribution in [0.3, 0.4) is 0 Å². The van der Waals surface area contributed by atoms with E-state index in [1.807, 2.05) is 18.2 Å². The van der Waals surface area contributed by atoms with Crippen molar-refractivity contribution in [2.45, 2.75) is 5.92 Å². The summed E-state index contributed by atoms with van der Waals surface area (Å²) in [6.45, 7) is 2.15. The second-order valence-electron chi connectivity index (χ2n) is 5.00. The second kappa shape index (κ2) is 6.52. The molecule has 3 rings (SSSR count). The number of nitrogens with one attached hydrogen (secondary N) is 1. The third-order valence-electron chi connectivity index (χ3n) is 3.44. The molecule has 0 unspecified atom stereocenters. The van der Waals surface area contributed by atoms with Crippen LogP contribution in [0.5, 0.6) is 0 Å². The van der Waals surface area contributed by atoms with Crippen molar-refractivity contribution in [3.8, 4) is 11.5 Å². The molecule has 0 spiro atoms. The first-order chi connectivity index (χ1) is 10.8. The fourth-order valence-corrected chi connectivity index (χ4v) is 2.17. The van der Waals surface area contributed by atoms with Crippen molar-refractivity contribution < 1.29 is 14.1 Å². The first-order valence-electron chi connectivity index (χ1n) is 7.04. The summed E-state index contributed by atoms with van der Waals surface area (Å²) in [4.78, 5) is 22.0. The predicted octanol–water partition coefficient (Wildman–Crippen LogP) is 0.887. The topological polar surface area (TPSA) is 93.4 Å². The van der Waals surface area contributed by atoms with Crippen LogP contribution in [-0.2, 0) is 4.74 Å². The molecular formula is C14H17N5O3. The maximum Gasteiger partial charge on any atom is 0.317 e. The van der Waals surface area contributed by atoms with Crippen LogP contribution in [0.15, 0.2) is 28.9 Å². The molecule has 0 aliphatic carbocycles. The van der Waals surface area contributed by atoms with Crippen LogP contribution < -0.4 is 5.32 Å². The quantitative estimate of drug-likeness (QED) is 0.824. The summed E-state index contributed by atoms with van der Waals surface area (Å²) in [6.07, 6.45) is 1.68. The van der Waals surface area contributed by atoms with E-state index in [-0.39, 0.29) is 11.9 Å². The Bertz CT molecular complexity index is 624. The Labute approximate surface area is 127 Å². The number of hydrogen-bond acceptors (Lipinski definition) is 6. The molecule has 1 saturated heterocycles. The Kier molecular flexibility index (Phi) is 4.29. The number of rotatable bonds is 5. The molecule has 1 fully saturated rings. The van der Waals surface area contributed by atoms with Crippen LogP contribution in [0, 0.1) is 0 Å². The summed E-state index contributed by atoms with van der Waals surface area (Å²) < 4.78 is 10.2. The number of hydrogen-bond donors (Lipinski definition) is 1. The van der Waals surface area contributed by atoms with E-state index in [4.69, 9.17) is 9.26 Å². The highest BCUT2D eigenvalue weighted by Gasteiger charge is 2.35. The van der Waals surface area contributed by atoms with Gasteiger partial charge in [0.2, 0.25) is 11.7 Å². The number of pyridine rings is 1. The fourth-order valence-electron chi connectivity index (χ4n) is 2.17. The lowest BCUT2D eigenvalue weighted by atomic mass is 10.0. The molecule has 2 amide bonds. The largest absolute Gasteiger partial charge is 0.383 e. The number of likely N-dealkylation sites (tertiary alicyclic amines) is 1. The lowest BCUT2D eigenvalue weighted by molar-refractivity contribution is 0.132. The second-order valence-corrected chi connectivity index (χ2v) is 5.00. The number of methoxy groups -OCH3 is 1. The van der Waals surface area contributed by atoms with Crippen molar-refractivity contribution in [3.05, 3.63) is 30.3 Å². The van der Waals surface area contributed by atoms with Gasteiger partial charge in [-0.05, 0) is 12.1 Å². The maximum absolute atomic E-state index is 11.8. The standard InChI is InChI=1S/C14H17N5O3/c1-21-7-6-16-14(20)19-8-10(9-19)13-17-12(18-22-13)11-4-2-3-5-15-11/h2-5,10H,6-9H2,1H3,(H,16,20). The highest BCUT2D eigenvalue weighted by Crippen LogP contribution is 2.26. The normalized spacial score (nSPS) is 14.7. The summed E-state index contributed by atoms with van der Waals surface area (Å²) in [7, 11) is 1.60. The molecule has 116 valence electrons. The number of urea groups is 1. The highest BCUT2D eigenvalue weighted by atomic mass is 16.5. The van der Waals surface area contributed by atoms with E-state index in [9.17, 15) is 4.79 Å². The fraction of sp³-hybridized carbons (Fsp3) is 0.429. The van der Waals surface area contributed by atoms with Crippen LogP contribution in [0.2, 0.25) is 0 Å². The van der Waals surface area contributed by atoms with E-state index in [1.165, 1.54) is 0 Å². The van der Waals surface area contributed by atoms with Gasteiger partial charge in [0.15, 0.2) is 0 Å². The molecule has 0 radical (unpaired) electrons. The van der Waals surface area contributed by atoms with Crippen LogP contribution >= 0.6 is 0 Å². The number of nitrogens with zero attached hydrogens (tertiary/aromatic N) is 4. The van der Waals surface area contributed by atoms with Gasteiger partial charge in [-0.25, -0.2) is 4.79 Å². The van der Waals surface area contributed by atoms with Crippen LogP contribution in [-0.4, -0.2) is 59.4 Å². The summed E-state index contributed by atoms with van der Waals surface area (Å²) >= 11 is 0. The van der Waals surface area contributed by atoms with E-state index in [2.05, 4.69) is 20.4 Å². The van der Waals surface area contributed by atoms with Crippen LogP contribution in [0.4, 0.5) is 4.79 Å². The van der Waals surface area contributed by atoms with E-state index >= 15 is 0 Å². The maximum atomic E-state index is 11.8. The predicted molar refractivity (Wildman–Crippen MR) is 77.1 cm³/mol. The van der Waals surface area contributed by atoms with Gasteiger partial charge in [0.25, 0.3) is 0 Å². The Morgan fingerprint density at radius 2 is 2.36 bits per heavy atom. The monoisotopic (exact) mass is 303 g/mol.